The minimum absolute atomic E-state index is 0.0101. The SMILES string of the molecule is CCC(Oc1ccc(N(C)S(C)(=O)=O)cc1)C(=O)NC1CCCc2ccccc21. The molecule has 7 heteroatoms. The molecule has 1 aliphatic carbocycles. The van der Waals surface area contributed by atoms with Crippen molar-refractivity contribution in [2.75, 3.05) is 17.6 Å². The lowest BCUT2D eigenvalue weighted by Gasteiger charge is -2.28. The minimum atomic E-state index is -3.32. The monoisotopic (exact) mass is 416 g/mol. The first-order valence-corrected chi connectivity index (χ1v) is 11.7. The van der Waals surface area contributed by atoms with Gasteiger partial charge in [0.15, 0.2) is 6.10 Å². The Morgan fingerprint density at radius 2 is 1.90 bits per heavy atom. The van der Waals surface area contributed by atoms with Crippen LogP contribution < -0.4 is 14.4 Å². The third-order valence-corrected chi connectivity index (χ3v) is 6.53. The number of aryl methyl sites for hydroxylation is 1. The Morgan fingerprint density at radius 1 is 1.21 bits per heavy atom. The van der Waals surface area contributed by atoms with Crippen LogP contribution in [-0.4, -0.2) is 33.7 Å². The van der Waals surface area contributed by atoms with Gasteiger partial charge in [0.05, 0.1) is 18.0 Å². The zero-order valence-electron chi connectivity index (χ0n) is 17.1. The molecule has 0 saturated heterocycles. The molecule has 0 spiro atoms. The number of fused-ring (bicyclic) bond motifs is 1. The maximum Gasteiger partial charge on any atom is 0.261 e. The van der Waals surface area contributed by atoms with E-state index in [4.69, 9.17) is 4.74 Å². The Balaban J connectivity index is 1.67. The van der Waals surface area contributed by atoms with Crippen LogP contribution in [0.2, 0.25) is 0 Å². The van der Waals surface area contributed by atoms with Gasteiger partial charge < -0.3 is 10.1 Å². The summed E-state index contributed by atoms with van der Waals surface area (Å²) < 4.78 is 30.4. The predicted octanol–water partition coefficient (Wildman–Crippen LogP) is 3.43. The first-order valence-electron chi connectivity index (χ1n) is 9.88. The highest BCUT2D eigenvalue weighted by Crippen LogP contribution is 2.30. The van der Waals surface area contributed by atoms with Gasteiger partial charge in [0.25, 0.3) is 5.91 Å². The van der Waals surface area contributed by atoms with E-state index in [2.05, 4.69) is 17.4 Å². The first kappa shape index (κ1) is 21.2. The molecule has 2 aromatic rings. The molecule has 3 rings (SSSR count). The van der Waals surface area contributed by atoms with Crippen molar-refractivity contribution in [3.05, 3.63) is 59.7 Å². The van der Waals surface area contributed by atoms with Crippen LogP contribution in [0.5, 0.6) is 5.75 Å². The van der Waals surface area contributed by atoms with Gasteiger partial charge in [-0.1, -0.05) is 31.2 Å². The van der Waals surface area contributed by atoms with Gasteiger partial charge in [0.1, 0.15) is 5.75 Å². The molecule has 2 unspecified atom stereocenters. The standard InChI is InChI=1S/C22H28N2O4S/c1-4-21(28-18-14-12-17(13-15-18)24(2)29(3,26)27)22(25)23-20-11-7-9-16-8-5-6-10-19(16)20/h5-6,8,10,12-15,20-21H,4,7,9,11H2,1-3H3,(H,23,25). The van der Waals surface area contributed by atoms with Crippen molar-refractivity contribution < 1.29 is 17.9 Å². The average molecular weight is 417 g/mol. The Hall–Kier alpha value is -2.54. The van der Waals surface area contributed by atoms with E-state index in [1.54, 1.807) is 24.3 Å². The normalized spacial score (nSPS) is 17.1. The second-order valence-corrected chi connectivity index (χ2v) is 9.41. The smallest absolute Gasteiger partial charge is 0.261 e. The fraction of sp³-hybridized carbons (Fsp3) is 0.409. The van der Waals surface area contributed by atoms with E-state index in [1.807, 2.05) is 19.1 Å². The zero-order chi connectivity index (χ0) is 21.0. The van der Waals surface area contributed by atoms with Crippen LogP contribution in [0.25, 0.3) is 0 Å². The molecule has 0 bridgehead atoms. The maximum absolute atomic E-state index is 12.8. The molecule has 6 nitrogen and oxygen atoms in total. The molecule has 0 radical (unpaired) electrons. The maximum atomic E-state index is 12.8. The van der Waals surface area contributed by atoms with Crippen molar-refractivity contribution in [1.82, 2.24) is 5.32 Å². The van der Waals surface area contributed by atoms with Crippen LogP contribution >= 0.6 is 0 Å². The van der Waals surface area contributed by atoms with Gasteiger partial charge in [-0.05, 0) is 61.1 Å². The number of hydrogen-bond acceptors (Lipinski definition) is 4. The van der Waals surface area contributed by atoms with Crippen LogP contribution in [0.3, 0.4) is 0 Å². The van der Waals surface area contributed by atoms with Gasteiger partial charge in [-0.25, -0.2) is 8.42 Å². The van der Waals surface area contributed by atoms with Crippen LogP contribution in [0.15, 0.2) is 48.5 Å². The Bertz CT molecular complexity index is 957. The predicted molar refractivity (Wildman–Crippen MR) is 115 cm³/mol. The van der Waals surface area contributed by atoms with E-state index in [9.17, 15) is 13.2 Å². The summed E-state index contributed by atoms with van der Waals surface area (Å²) in [6.07, 6.45) is 4.09. The van der Waals surface area contributed by atoms with Gasteiger partial charge in [0, 0.05) is 7.05 Å². The van der Waals surface area contributed by atoms with Gasteiger partial charge >= 0.3 is 0 Å². The van der Waals surface area contributed by atoms with Crippen molar-refractivity contribution in [3.63, 3.8) is 0 Å². The lowest BCUT2D eigenvalue weighted by atomic mass is 9.87. The fourth-order valence-corrected chi connectivity index (χ4v) is 4.09. The lowest BCUT2D eigenvalue weighted by Crippen LogP contribution is -2.41. The molecular weight excluding hydrogens is 388 g/mol. The third kappa shape index (κ3) is 5.09. The second-order valence-electron chi connectivity index (χ2n) is 7.39. The van der Waals surface area contributed by atoms with Gasteiger partial charge in [-0.2, -0.15) is 0 Å². The summed E-state index contributed by atoms with van der Waals surface area (Å²) in [5, 5.41) is 3.14. The second kappa shape index (κ2) is 8.86. The summed E-state index contributed by atoms with van der Waals surface area (Å²) in [4.78, 5) is 12.8. The molecule has 0 heterocycles. The number of nitrogens with zero attached hydrogens (tertiary/aromatic N) is 1. The fourth-order valence-electron chi connectivity index (χ4n) is 3.58. The number of rotatable bonds is 7. The quantitative estimate of drug-likeness (QED) is 0.750. The summed E-state index contributed by atoms with van der Waals surface area (Å²) in [5.74, 6) is 0.397. The van der Waals surface area contributed by atoms with E-state index in [1.165, 1.54) is 22.5 Å². The summed E-state index contributed by atoms with van der Waals surface area (Å²) in [7, 11) is -1.83. The number of amides is 1. The van der Waals surface area contributed by atoms with Crippen molar-refractivity contribution >= 4 is 21.6 Å². The van der Waals surface area contributed by atoms with Gasteiger partial charge in [0.2, 0.25) is 10.0 Å². The molecule has 1 N–H and O–H groups in total. The van der Waals surface area contributed by atoms with Gasteiger partial charge in [-0.3, -0.25) is 9.10 Å². The molecule has 0 saturated carbocycles. The highest BCUT2D eigenvalue weighted by molar-refractivity contribution is 7.92. The molecule has 0 fully saturated rings. The number of anilines is 1. The lowest BCUT2D eigenvalue weighted by molar-refractivity contribution is -0.129. The summed E-state index contributed by atoms with van der Waals surface area (Å²) in [6.45, 7) is 1.91. The first-order chi connectivity index (χ1) is 13.8. The van der Waals surface area contributed by atoms with E-state index < -0.39 is 16.1 Å². The average Bonchev–Trinajstić information content (AvgIpc) is 2.71. The highest BCUT2D eigenvalue weighted by atomic mass is 32.2. The summed E-state index contributed by atoms with van der Waals surface area (Å²) >= 11 is 0. The van der Waals surface area contributed by atoms with Crippen molar-refractivity contribution in [2.24, 2.45) is 0 Å². The largest absolute Gasteiger partial charge is 0.481 e. The number of ether oxygens (including phenoxy) is 1. The number of carbonyl (C=O) groups is 1. The zero-order valence-corrected chi connectivity index (χ0v) is 17.9. The molecular formula is C22H28N2O4S. The summed E-state index contributed by atoms with van der Waals surface area (Å²) in [5.41, 5.74) is 3.02. The van der Waals surface area contributed by atoms with Crippen LogP contribution in [0.4, 0.5) is 5.69 Å². The molecule has 2 atom stereocenters. The number of carbonyl (C=O) groups excluding carboxylic acids is 1. The molecule has 1 amide bonds. The van der Waals surface area contributed by atoms with E-state index >= 15 is 0 Å². The molecule has 2 aromatic carbocycles. The van der Waals surface area contributed by atoms with E-state index in [0.29, 0.717) is 17.9 Å². The van der Waals surface area contributed by atoms with Crippen LogP contribution in [-0.2, 0) is 21.2 Å². The van der Waals surface area contributed by atoms with E-state index in [0.717, 1.165) is 25.5 Å². The number of benzene rings is 2. The van der Waals surface area contributed by atoms with Crippen LogP contribution in [0.1, 0.15) is 43.4 Å². The highest BCUT2D eigenvalue weighted by Gasteiger charge is 2.26. The molecule has 0 aromatic heterocycles. The molecule has 1 aliphatic rings. The number of hydrogen-bond donors (Lipinski definition) is 1. The Morgan fingerprint density at radius 3 is 2.55 bits per heavy atom. The molecule has 29 heavy (non-hydrogen) atoms. The summed E-state index contributed by atoms with van der Waals surface area (Å²) in [6, 6.07) is 14.9. The van der Waals surface area contributed by atoms with Crippen molar-refractivity contribution in [3.8, 4) is 5.75 Å². The third-order valence-electron chi connectivity index (χ3n) is 5.33. The minimum Gasteiger partial charge on any atom is -0.481 e. The molecule has 156 valence electrons. The Kier molecular flexibility index (Phi) is 6.47. The number of sulfonamides is 1. The van der Waals surface area contributed by atoms with Gasteiger partial charge in [-0.15, -0.1) is 0 Å². The van der Waals surface area contributed by atoms with E-state index in [-0.39, 0.29) is 11.9 Å². The molecule has 0 aliphatic heterocycles. The van der Waals surface area contributed by atoms with Crippen LogP contribution in [0, 0.1) is 0 Å². The van der Waals surface area contributed by atoms with Crippen molar-refractivity contribution in [2.45, 2.75) is 44.8 Å². The number of nitrogens with one attached hydrogen (secondary N) is 1. The van der Waals surface area contributed by atoms with Crippen molar-refractivity contribution in [1.29, 1.82) is 0 Å². The Labute approximate surface area is 172 Å². The topological polar surface area (TPSA) is 75.7 Å².